The maximum atomic E-state index is 13.0. The lowest BCUT2D eigenvalue weighted by Crippen LogP contribution is -2.54. The summed E-state index contributed by atoms with van der Waals surface area (Å²) in [6.45, 7) is 4.62. The number of piperidine rings is 1. The van der Waals surface area contributed by atoms with Gasteiger partial charge in [0, 0.05) is 54.9 Å². The van der Waals surface area contributed by atoms with Gasteiger partial charge in [0.2, 0.25) is 0 Å². The Morgan fingerprint density at radius 3 is 2.85 bits per heavy atom. The molecule has 3 heterocycles. The number of nitrogens with zero attached hydrogens (tertiary/aromatic N) is 4. The summed E-state index contributed by atoms with van der Waals surface area (Å²) in [5, 5.41) is 12.4. The molecule has 1 unspecified atom stereocenters. The van der Waals surface area contributed by atoms with Crippen molar-refractivity contribution in [3.8, 4) is 5.75 Å². The molecule has 0 spiro atoms. The van der Waals surface area contributed by atoms with Crippen molar-refractivity contribution in [3.05, 3.63) is 60.0 Å². The number of carbonyl (C=O) groups excluding carboxylic acids is 1. The van der Waals surface area contributed by atoms with E-state index in [1.54, 1.807) is 42.4 Å². The molecule has 0 saturated carbocycles. The Morgan fingerprint density at radius 2 is 2.09 bits per heavy atom. The number of β-amino-alcohol motifs (C(OH)–C–C–N with tert-alkyl or cyclic N) is 1. The standard InChI is InChI=1S/C26H33N5O3/c1-19-15-24(22-16-28-12-9-23(22)29-19)31-13-3-10-26(33,18-31)17-30(2)25(32)20-5-7-21(8-6-20)34-14-4-11-27/h5-9,12,15-16,33H,3-4,10-11,13-14,17-18,27H2,1-2H3. The zero-order valence-corrected chi connectivity index (χ0v) is 19.9. The highest BCUT2D eigenvalue weighted by molar-refractivity contribution is 5.94. The molecule has 2 aromatic heterocycles. The molecule has 0 aliphatic carbocycles. The number of carbonyl (C=O) groups is 1. The Morgan fingerprint density at radius 1 is 1.29 bits per heavy atom. The van der Waals surface area contributed by atoms with Crippen LogP contribution in [0.25, 0.3) is 10.9 Å². The maximum Gasteiger partial charge on any atom is 0.253 e. The molecule has 8 heteroatoms. The van der Waals surface area contributed by atoms with Crippen LogP contribution in [0.4, 0.5) is 5.69 Å². The van der Waals surface area contributed by atoms with Crippen LogP contribution in [0.15, 0.2) is 48.8 Å². The van der Waals surface area contributed by atoms with Crippen LogP contribution >= 0.6 is 0 Å². The molecule has 1 saturated heterocycles. The first-order valence-electron chi connectivity index (χ1n) is 11.8. The van der Waals surface area contributed by atoms with E-state index in [-0.39, 0.29) is 12.5 Å². The van der Waals surface area contributed by atoms with Gasteiger partial charge >= 0.3 is 0 Å². The lowest BCUT2D eigenvalue weighted by molar-refractivity contribution is 0.0000636. The van der Waals surface area contributed by atoms with Gasteiger partial charge in [-0.25, -0.2) is 0 Å². The molecule has 180 valence electrons. The third-order valence-electron chi connectivity index (χ3n) is 6.21. The van der Waals surface area contributed by atoms with Gasteiger partial charge in [-0.2, -0.15) is 0 Å². The summed E-state index contributed by atoms with van der Waals surface area (Å²) in [4.78, 5) is 25.7. The average molecular weight is 464 g/mol. The quantitative estimate of drug-likeness (QED) is 0.495. The predicted molar refractivity (Wildman–Crippen MR) is 133 cm³/mol. The average Bonchev–Trinajstić information content (AvgIpc) is 2.83. The Kier molecular flexibility index (Phi) is 7.29. The van der Waals surface area contributed by atoms with Gasteiger partial charge < -0.3 is 25.4 Å². The van der Waals surface area contributed by atoms with Crippen LogP contribution in [0.2, 0.25) is 0 Å². The van der Waals surface area contributed by atoms with Gasteiger partial charge in [0.1, 0.15) is 5.75 Å². The van der Waals surface area contributed by atoms with E-state index in [4.69, 9.17) is 10.5 Å². The fraction of sp³-hybridized carbons (Fsp3) is 0.423. The number of hydrogen-bond donors (Lipinski definition) is 2. The predicted octanol–water partition coefficient (Wildman–Crippen LogP) is 2.77. The van der Waals surface area contributed by atoms with Gasteiger partial charge in [-0.1, -0.05) is 0 Å². The number of benzene rings is 1. The van der Waals surface area contributed by atoms with Gasteiger partial charge in [-0.3, -0.25) is 14.8 Å². The number of nitrogens with two attached hydrogens (primary N) is 1. The summed E-state index contributed by atoms with van der Waals surface area (Å²) in [5.41, 5.74) is 7.87. The summed E-state index contributed by atoms with van der Waals surface area (Å²) in [5.74, 6) is 0.581. The zero-order chi connectivity index (χ0) is 24.1. The SMILES string of the molecule is Cc1cc(N2CCCC(O)(CN(C)C(=O)c3ccc(OCCCN)cc3)C2)c2cnccc2n1. The number of amides is 1. The minimum absolute atomic E-state index is 0.131. The number of anilines is 1. The highest BCUT2D eigenvalue weighted by Crippen LogP contribution is 2.32. The summed E-state index contributed by atoms with van der Waals surface area (Å²) in [7, 11) is 1.74. The number of ether oxygens (including phenoxy) is 1. The van der Waals surface area contributed by atoms with Crippen LogP contribution in [-0.4, -0.2) is 71.3 Å². The molecule has 4 rings (SSSR count). The topological polar surface area (TPSA) is 105 Å². The van der Waals surface area contributed by atoms with Crippen LogP contribution in [0.1, 0.15) is 35.3 Å². The van der Waals surface area contributed by atoms with E-state index in [1.165, 1.54) is 0 Å². The molecule has 1 aromatic carbocycles. The molecule has 1 fully saturated rings. The number of likely N-dealkylation sites (N-methyl/N-ethyl adjacent to an activating group) is 1. The third-order valence-corrected chi connectivity index (χ3v) is 6.21. The molecule has 3 N–H and O–H groups in total. The fourth-order valence-corrected chi connectivity index (χ4v) is 4.59. The van der Waals surface area contributed by atoms with Gasteiger partial charge in [-0.15, -0.1) is 0 Å². The van der Waals surface area contributed by atoms with Crippen molar-refractivity contribution in [3.63, 3.8) is 0 Å². The van der Waals surface area contributed by atoms with Gasteiger partial charge in [-0.05, 0) is 69.1 Å². The zero-order valence-electron chi connectivity index (χ0n) is 19.9. The molecular formula is C26H33N5O3. The van der Waals surface area contributed by atoms with Crippen molar-refractivity contribution in [2.45, 2.75) is 31.8 Å². The molecule has 34 heavy (non-hydrogen) atoms. The largest absolute Gasteiger partial charge is 0.494 e. The number of aromatic nitrogens is 2. The van der Waals surface area contributed by atoms with E-state index in [0.717, 1.165) is 41.7 Å². The van der Waals surface area contributed by atoms with Gasteiger partial charge in [0.05, 0.1) is 24.3 Å². The van der Waals surface area contributed by atoms with E-state index in [1.807, 2.05) is 25.3 Å². The second-order valence-electron chi connectivity index (χ2n) is 9.10. The maximum absolute atomic E-state index is 13.0. The number of aliphatic hydroxyl groups is 1. The molecule has 1 aliphatic rings. The second kappa shape index (κ2) is 10.4. The Bertz CT molecular complexity index is 1140. The van der Waals surface area contributed by atoms with Crippen molar-refractivity contribution in [1.82, 2.24) is 14.9 Å². The fourth-order valence-electron chi connectivity index (χ4n) is 4.59. The Labute approximate surface area is 200 Å². The monoisotopic (exact) mass is 463 g/mol. The lowest BCUT2D eigenvalue weighted by Gasteiger charge is -2.42. The molecular weight excluding hydrogens is 430 g/mol. The smallest absolute Gasteiger partial charge is 0.253 e. The van der Waals surface area contributed by atoms with E-state index < -0.39 is 5.60 Å². The van der Waals surface area contributed by atoms with E-state index in [0.29, 0.717) is 37.4 Å². The van der Waals surface area contributed by atoms with Crippen molar-refractivity contribution >= 4 is 22.5 Å². The number of rotatable bonds is 8. The van der Waals surface area contributed by atoms with Gasteiger partial charge in [0.25, 0.3) is 5.91 Å². The first-order valence-corrected chi connectivity index (χ1v) is 11.8. The van der Waals surface area contributed by atoms with Crippen molar-refractivity contribution in [2.75, 3.05) is 44.7 Å². The van der Waals surface area contributed by atoms with Crippen LogP contribution in [0, 0.1) is 6.92 Å². The molecule has 0 radical (unpaired) electrons. The molecule has 3 aromatic rings. The van der Waals surface area contributed by atoms with Gasteiger partial charge in [0.15, 0.2) is 0 Å². The number of hydrogen-bond acceptors (Lipinski definition) is 7. The van der Waals surface area contributed by atoms with Crippen LogP contribution in [-0.2, 0) is 0 Å². The number of fused-ring (bicyclic) bond motifs is 1. The first kappa shape index (κ1) is 23.9. The lowest BCUT2D eigenvalue weighted by atomic mass is 9.91. The van der Waals surface area contributed by atoms with Crippen molar-refractivity contribution in [2.24, 2.45) is 5.73 Å². The Balaban J connectivity index is 1.45. The number of aryl methyl sites for hydroxylation is 1. The van der Waals surface area contributed by atoms with Crippen molar-refractivity contribution in [1.29, 1.82) is 0 Å². The van der Waals surface area contributed by atoms with E-state index in [9.17, 15) is 9.90 Å². The van der Waals surface area contributed by atoms with Crippen LogP contribution in [0.3, 0.4) is 0 Å². The van der Waals surface area contributed by atoms with E-state index in [2.05, 4.69) is 14.9 Å². The van der Waals surface area contributed by atoms with Crippen LogP contribution in [0.5, 0.6) is 5.75 Å². The Hall–Kier alpha value is -3.23. The highest BCUT2D eigenvalue weighted by Gasteiger charge is 2.36. The van der Waals surface area contributed by atoms with Crippen molar-refractivity contribution < 1.29 is 14.6 Å². The third kappa shape index (κ3) is 5.46. The summed E-state index contributed by atoms with van der Waals surface area (Å²) in [6, 6.07) is 11.0. The first-order chi connectivity index (χ1) is 16.4. The highest BCUT2D eigenvalue weighted by atomic mass is 16.5. The molecule has 1 aliphatic heterocycles. The summed E-state index contributed by atoms with van der Waals surface area (Å²) < 4.78 is 5.61. The second-order valence-corrected chi connectivity index (χ2v) is 9.10. The minimum atomic E-state index is -1.01. The summed E-state index contributed by atoms with van der Waals surface area (Å²) >= 11 is 0. The van der Waals surface area contributed by atoms with Crippen LogP contribution < -0.4 is 15.4 Å². The molecule has 1 amide bonds. The molecule has 8 nitrogen and oxygen atoms in total. The number of pyridine rings is 2. The minimum Gasteiger partial charge on any atom is -0.494 e. The molecule has 0 bridgehead atoms. The normalized spacial score (nSPS) is 18.2. The molecule has 1 atom stereocenters. The summed E-state index contributed by atoms with van der Waals surface area (Å²) in [6.07, 6.45) is 5.81. The van der Waals surface area contributed by atoms with E-state index >= 15 is 0 Å².